The fraction of sp³-hybridized carbons (Fsp3) is 0.571. The Morgan fingerprint density at radius 1 is 1.31 bits per heavy atom. The van der Waals surface area contributed by atoms with Crippen LogP contribution in [0.2, 0.25) is 0 Å². The van der Waals surface area contributed by atoms with E-state index in [1.807, 2.05) is 12.1 Å². The van der Waals surface area contributed by atoms with E-state index in [1.54, 1.807) is 0 Å². The van der Waals surface area contributed by atoms with Crippen LogP contribution in [0.15, 0.2) is 24.3 Å². The van der Waals surface area contributed by atoms with Gasteiger partial charge in [0.05, 0.1) is 6.61 Å². The lowest BCUT2D eigenvalue weighted by molar-refractivity contribution is 0.155. The van der Waals surface area contributed by atoms with Gasteiger partial charge in [-0.3, -0.25) is 0 Å². The van der Waals surface area contributed by atoms with Gasteiger partial charge >= 0.3 is 0 Å². The maximum absolute atomic E-state index is 13.7. The van der Waals surface area contributed by atoms with Crippen LogP contribution >= 0.6 is 0 Å². The van der Waals surface area contributed by atoms with Gasteiger partial charge < -0.3 is 5.11 Å². The number of hydrogen-bond acceptors (Lipinski definition) is 1. The molecule has 0 spiro atoms. The topological polar surface area (TPSA) is 20.2 Å². The highest BCUT2D eigenvalue weighted by molar-refractivity contribution is 5.35. The molecule has 16 heavy (non-hydrogen) atoms. The first-order chi connectivity index (χ1) is 7.37. The lowest BCUT2D eigenvalue weighted by Gasteiger charge is -2.19. The van der Waals surface area contributed by atoms with E-state index in [0.29, 0.717) is 6.42 Å². The third-order valence-corrected chi connectivity index (χ3v) is 3.45. The molecule has 2 rings (SSSR count). The Balaban J connectivity index is 2.16. The van der Waals surface area contributed by atoms with Gasteiger partial charge in [-0.2, -0.15) is 0 Å². The van der Waals surface area contributed by atoms with Gasteiger partial charge in [0.25, 0.3) is 0 Å². The lowest BCUT2D eigenvalue weighted by atomic mass is 9.86. The summed E-state index contributed by atoms with van der Waals surface area (Å²) in [5, 5.41) is 8.91. The molecule has 2 heteroatoms. The van der Waals surface area contributed by atoms with Crippen LogP contribution < -0.4 is 0 Å². The van der Waals surface area contributed by atoms with Gasteiger partial charge in [0.1, 0.15) is 5.67 Å². The Labute approximate surface area is 96.3 Å². The third kappa shape index (κ3) is 1.99. The summed E-state index contributed by atoms with van der Waals surface area (Å²) in [7, 11) is 0. The first-order valence-electron chi connectivity index (χ1n) is 5.77. The van der Waals surface area contributed by atoms with Gasteiger partial charge in [-0.1, -0.05) is 45.0 Å². The number of rotatable bonds is 2. The summed E-state index contributed by atoms with van der Waals surface area (Å²) in [6.07, 6.45) is 0.457. The Kier molecular flexibility index (Phi) is 2.58. The van der Waals surface area contributed by atoms with Crippen LogP contribution in [0.4, 0.5) is 4.39 Å². The van der Waals surface area contributed by atoms with Gasteiger partial charge in [-0.25, -0.2) is 4.39 Å². The highest BCUT2D eigenvalue weighted by Gasteiger charge is 2.55. The van der Waals surface area contributed by atoms with Crippen molar-refractivity contribution in [1.29, 1.82) is 0 Å². The molecule has 88 valence electrons. The summed E-state index contributed by atoms with van der Waals surface area (Å²) in [4.78, 5) is 0. The molecular formula is C14H19FO. The zero-order valence-electron chi connectivity index (χ0n) is 10.1. The quantitative estimate of drug-likeness (QED) is 0.815. The molecule has 2 unspecified atom stereocenters. The second kappa shape index (κ2) is 3.56. The molecule has 0 amide bonds. The monoisotopic (exact) mass is 222 g/mol. The minimum absolute atomic E-state index is 0.105. The van der Waals surface area contributed by atoms with Crippen molar-refractivity contribution in [2.24, 2.45) is 0 Å². The number of halogens is 1. The van der Waals surface area contributed by atoms with Crippen molar-refractivity contribution in [3.05, 3.63) is 35.4 Å². The average Bonchev–Trinajstić information content (AvgIpc) is 2.91. The van der Waals surface area contributed by atoms with E-state index in [2.05, 4.69) is 32.9 Å². The molecule has 0 bridgehead atoms. The van der Waals surface area contributed by atoms with E-state index >= 15 is 0 Å². The van der Waals surface area contributed by atoms with Crippen molar-refractivity contribution < 1.29 is 9.50 Å². The van der Waals surface area contributed by atoms with Gasteiger partial charge in [0, 0.05) is 5.92 Å². The average molecular weight is 222 g/mol. The highest BCUT2D eigenvalue weighted by atomic mass is 19.1. The summed E-state index contributed by atoms with van der Waals surface area (Å²) < 4.78 is 13.7. The first-order valence-corrected chi connectivity index (χ1v) is 5.77. The zero-order valence-corrected chi connectivity index (χ0v) is 10.1. The van der Waals surface area contributed by atoms with Crippen LogP contribution in [0.1, 0.15) is 44.2 Å². The number of aliphatic hydroxyl groups excluding tert-OH is 1. The second-order valence-corrected chi connectivity index (χ2v) is 5.82. The minimum Gasteiger partial charge on any atom is -0.393 e. The summed E-state index contributed by atoms with van der Waals surface area (Å²) in [5.41, 5.74) is 1.03. The zero-order chi connectivity index (χ0) is 12.0. The van der Waals surface area contributed by atoms with E-state index in [9.17, 15) is 4.39 Å². The maximum Gasteiger partial charge on any atom is 0.141 e. The van der Waals surface area contributed by atoms with E-state index in [0.717, 1.165) is 5.56 Å². The number of alkyl halides is 1. The fourth-order valence-electron chi connectivity index (χ4n) is 2.09. The van der Waals surface area contributed by atoms with E-state index in [1.165, 1.54) is 5.56 Å². The summed E-state index contributed by atoms with van der Waals surface area (Å²) >= 11 is 0. The molecule has 0 radical (unpaired) electrons. The SMILES string of the molecule is CC(C)(C)c1ccc(C2CC2(F)CO)cc1. The summed E-state index contributed by atoms with van der Waals surface area (Å²) in [6.45, 7) is 6.11. The molecule has 2 atom stereocenters. The molecule has 1 aliphatic carbocycles. The van der Waals surface area contributed by atoms with Crippen LogP contribution in [0.3, 0.4) is 0 Å². The molecule has 1 aliphatic rings. The summed E-state index contributed by atoms with van der Waals surface area (Å²) in [5.74, 6) is -0.105. The van der Waals surface area contributed by atoms with Crippen molar-refractivity contribution >= 4 is 0 Å². The second-order valence-electron chi connectivity index (χ2n) is 5.82. The Hall–Kier alpha value is -0.890. The van der Waals surface area contributed by atoms with Crippen molar-refractivity contribution in [3.63, 3.8) is 0 Å². The summed E-state index contributed by atoms with van der Waals surface area (Å²) in [6, 6.07) is 8.10. The van der Waals surface area contributed by atoms with Crippen LogP contribution in [-0.4, -0.2) is 17.4 Å². The van der Waals surface area contributed by atoms with Gasteiger partial charge in [-0.15, -0.1) is 0 Å². The van der Waals surface area contributed by atoms with Crippen LogP contribution in [0.5, 0.6) is 0 Å². The molecule has 0 heterocycles. The Bertz CT molecular complexity index is 377. The third-order valence-electron chi connectivity index (χ3n) is 3.45. The van der Waals surface area contributed by atoms with Gasteiger partial charge in [0.15, 0.2) is 0 Å². The number of hydrogen-bond donors (Lipinski definition) is 1. The van der Waals surface area contributed by atoms with Gasteiger partial charge in [-0.05, 0) is 23.0 Å². The molecule has 1 saturated carbocycles. The van der Waals surface area contributed by atoms with E-state index < -0.39 is 5.67 Å². The predicted octanol–water partition coefficient (Wildman–Crippen LogP) is 3.17. The van der Waals surface area contributed by atoms with Crippen molar-refractivity contribution in [1.82, 2.24) is 0 Å². The first kappa shape index (κ1) is 11.6. The van der Waals surface area contributed by atoms with E-state index in [4.69, 9.17) is 5.11 Å². The van der Waals surface area contributed by atoms with Crippen LogP contribution in [0.25, 0.3) is 0 Å². The Morgan fingerprint density at radius 3 is 2.25 bits per heavy atom. The molecule has 1 aromatic carbocycles. The molecule has 0 saturated heterocycles. The smallest absolute Gasteiger partial charge is 0.141 e. The normalized spacial score (nSPS) is 29.2. The molecular weight excluding hydrogens is 203 g/mol. The maximum atomic E-state index is 13.7. The molecule has 0 aromatic heterocycles. The molecule has 1 aromatic rings. The van der Waals surface area contributed by atoms with Crippen molar-refractivity contribution in [2.45, 2.75) is 44.2 Å². The van der Waals surface area contributed by atoms with Gasteiger partial charge in [0.2, 0.25) is 0 Å². The lowest BCUT2D eigenvalue weighted by Crippen LogP contribution is -2.11. The highest BCUT2D eigenvalue weighted by Crippen LogP contribution is 2.54. The molecule has 1 fully saturated rings. The number of aliphatic hydroxyl groups is 1. The Morgan fingerprint density at radius 2 is 1.88 bits per heavy atom. The minimum atomic E-state index is -1.36. The van der Waals surface area contributed by atoms with E-state index in [-0.39, 0.29) is 17.9 Å². The standard InChI is InChI=1S/C14H19FO/c1-13(2,3)11-6-4-10(5-7-11)12-8-14(12,15)9-16/h4-7,12,16H,8-9H2,1-3H3. The molecule has 1 nitrogen and oxygen atoms in total. The molecule has 1 N–H and O–H groups in total. The fourth-order valence-corrected chi connectivity index (χ4v) is 2.09. The van der Waals surface area contributed by atoms with Crippen LogP contribution in [0, 0.1) is 0 Å². The predicted molar refractivity (Wildman–Crippen MR) is 63.4 cm³/mol. The van der Waals surface area contributed by atoms with Crippen molar-refractivity contribution in [3.8, 4) is 0 Å². The number of benzene rings is 1. The van der Waals surface area contributed by atoms with Crippen molar-refractivity contribution in [2.75, 3.05) is 6.61 Å². The van der Waals surface area contributed by atoms with Crippen LogP contribution in [-0.2, 0) is 5.41 Å². The molecule has 0 aliphatic heterocycles. The largest absolute Gasteiger partial charge is 0.393 e.